The Morgan fingerprint density at radius 3 is 2.00 bits per heavy atom. The quantitative estimate of drug-likeness (QED) is 0.564. The van der Waals surface area contributed by atoms with E-state index < -0.39 is 0 Å². The van der Waals surface area contributed by atoms with Crippen LogP contribution in [0, 0.1) is 0 Å². The molecule has 0 atom stereocenters. The Labute approximate surface area is 105 Å². The monoisotopic (exact) mass is 241 g/mol. The van der Waals surface area contributed by atoms with Crippen LogP contribution >= 0.6 is 0 Å². The highest BCUT2D eigenvalue weighted by molar-refractivity contribution is 5.75. The highest BCUT2D eigenvalue weighted by Gasteiger charge is 2.06. The Hall–Kier alpha value is -2.49. The van der Waals surface area contributed by atoms with E-state index in [1.807, 2.05) is 12.1 Å². The van der Waals surface area contributed by atoms with Crippen LogP contribution in [0.25, 0.3) is 0 Å². The Kier molecular flexibility index (Phi) is 3.19. The van der Waals surface area contributed by atoms with E-state index in [2.05, 4.69) is 0 Å². The smallest absolute Gasteiger partial charge is 0.150 e. The van der Waals surface area contributed by atoms with Gasteiger partial charge in [-0.05, 0) is 17.7 Å². The van der Waals surface area contributed by atoms with Crippen molar-refractivity contribution in [2.24, 2.45) is 0 Å². The van der Waals surface area contributed by atoms with Crippen molar-refractivity contribution in [1.82, 2.24) is 0 Å². The van der Waals surface area contributed by atoms with Crippen molar-refractivity contribution in [1.29, 1.82) is 0 Å². The number of rotatable bonds is 3. The molecular formula is C14H15N3O. The molecule has 0 aliphatic heterocycles. The zero-order valence-corrected chi connectivity index (χ0v) is 9.89. The van der Waals surface area contributed by atoms with Gasteiger partial charge < -0.3 is 17.2 Å². The van der Waals surface area contributed by atoms with Gasteiger partial charge in [-0.25, -0.2) is 0 Å². The van der Waals surface area contributed by atoms with Crippen LogP contribution in [0.2, 0.25) is 0 Å². The van der Waals surface area contributed by atoms with Gasteiger partial charge in [-0.2, -0.15) is 0 Å². The molecule has 2 aromatic carbocycles. The highest BCUT2D eigenvalue weighted by Crippen LogP contribution is 2.26. The minimum atomic E-state index is 0.560. The largest absolute Gasteiger partial charge is 0.399 e. The molecule has 4 heteroatoms. The summed E-state index contributed by atoms with van der Waals surface area (Å²) in [5.41, 5.74) is 21.8. The summed E-state index contributed by atoms with van der Waals surface area (Å²) < 4.78 is 0. The third-order valence-corrected chi connectivity index (χ3v) is 2.84. The van der Waals surface area contributed by atoms with Gasteiger partial charge in [0.05, 0.1) is 0 Å². The first-order chi connectivity index (χ1) is 8.60. The van der Waals surface area contributed by atoms with E-state index in [1.54, 1.807) is 24.3 Å². The number of carbonyl (C=O) groups is 1. The molecule has 0 bridgehead atoms. The maximum absolute atomic E-state index is 10.6. The third kappa shape index (κ3) is 2.43. The van der Waals surface area contributed by atoms with Gasteiger partial charge >= 0.3 is 0 Å². The van der Waals surface area contributed by atoms with E-state index in [-0.39, 0.29) is 0 Å². The van der Waals surface area contributed by atoms with Gasteiger partial charge in [-0.3, -0.25) is 4.79 Å². The Morgan fingerprint density at radius 2 is 1.50 bits per heavy atom. The molecule has 0 saturated heterocycles. The number of carbonyl (C=O) groups excluding carboxylic acids is 1. The normalized spacial score (nSPS) is 10.2. The third-order valence-electron chi connectivity index (χ3n) is 2.84. The fourth-order valence-corrected chi connectivity index (χ4v) is 1.86. The van der Waals surface area contributed by atoms with Crippen molar-refractivity contribution in [3.05, 3.63) is 53.1 Å². The lowest BCUT2D eigenvalue weighted by Gasteiger charge is -2.10. The number of aldehydes is 1. The van der Waals surface area contributed by atoms with Gasteiger partial charge in [0.15, 0.2) is 0 Å². The van der Waals surface area contributed by atoms with E-state index in [0.717, 1.165) is 17.4 Å². The summed E-state index contributed by atoms with van der Waals surface area (Å²) in [7, 11) is 0. The van der Waals surface area contributed by atoms with Gasteiger partial charge in [0.25, 0.3) is 0 Å². The first-order valence-electron chi connectivity index (χ1n) is 5.57. The van der Waals surface area contributed by atoms with Crippen LogP contribution < -0.4 is 17.2 Å². The Bertz CT molecular complexity index is 553. The Morgan fingerprint density at radius 1 is 0.944 bits per heavy atom. The predicted molar refractivity (Wildman–Crippen MR) is 74.3 cm³/mol. The number of hydrogen-bond acceptors (Lipinski definition) is 4. The molecule has 0 amide bonds. The van der Waals surface area contributed by atoms with Crippen molar-refractivity contribution in [2.75, 3.05) is 17.2 Å². The minimum Gasteiger partial charge on any atom is -0.399 e. The summed E-state index contributed by atoms with van der Waals surface area (Å²) in [6, 6.07) is 10.7. The molecule has 0 aliphatic carbocycles. The van der Waals surface area contributed by atoms with Crippen molar-refractivity contribution < 1.29 is 4.79 Å². The molecule has 0 fully saturated rings. The number of benzene rings is 2. The molecule has 0 unspecified atom stereocenters. The molecule has 0 saturated carbocycles. The maximum atomic E-state index is 10.6. The molecular weight excluding hydrogens is 226 g/mol. The van der Waals surface area contributed by atoms with E-state index in [1.165, 1.54) is 0 Å². The summed E-state index contributed by atoms with van der Waals surface area (Å²) >= 11 is 0. The average Bonchev–Trinajstić information content (AvgIpc) is 2.34. The molecule has 4 nitrogen and oxygen atoms in total. The maximum Gasteiger partial charge on any atom is 0.150 e. The summed E-state index contributed by atoms with van der Waals surface area (Å²) in [5.74, 6) is 0. The summed E-state index contributed by atoms with van der Waals surface area (Å²) in [4.78, 5) is 10.6. The molecule has 0 radical (unpaired) electrons. The standard InChI is InChI=1S/C14H15N3O/c15-11-6-13(16)12(14(17)7-11)5-9-1-3-10(8-18)4-2-9/h1-4,6-8H,5,15-17H2. The summed E-state index contributed by atoms with van der Waals surface area (Å²) in [6.45, 7) is 0. The van der Waals surface area contributed by atoms with Crippen LogP contribution in [0.3, 0.4) is 0 Å². The number of nitrogens with two attached hydrogens (primary N) is 3. The molecule has 0 heterocycles. The molecule has 0 aliphatic rings. The first-order valence-corrected chi connectivity index (χ1v) is 5.57. The second-order valence-electron chi connectivity index (χ2n) is 4.21. The number of hydrogen-bond donors (Lipinski definition) is 3. The minimum absolute atomic E-state index is 0.560. The van der Waals surface area contributed by atoms with Crippen LogP contribution in [0.5, 0.6) is 0 Å². The zero-order chi connectivity index (χ0) is 13.1. The summed E-state index contributed by atoms with van der Waals surface area (Å²) in [6.07, 6.45) is 1.44. The van der Waals surface area contributed by atoms with E-state index >= 15 is 0 Å². The van der Waals surface area contributed by atoms with Crippen molar-refractivity contribution in [3.8, 4) is 0 Å². The number of anilines is 3. The van der Waals surface area contributed by atoms with Gasteiger partial charge in [-0.15, -0.1) is 0 Å². The van der Waals surface area contributed by atoms with Crippen LogP contribution in [-0.4, -0.2) is 6.29 Å². The SMILES string of the molecule is Nc1cc(N)c(Cc2ccc(C=O)cc2)c(N)c1. The lowest BCUT2D eigenvalue weighted by molar-refractivity contribution is 0.112. The van der Waals surface area contributed by atoms with Gasteiger partial charge in [-0.1, -0.05) is 24.3 Å². The molecule has 0 aromatic heterocycles. The second kappa shape index (κ2) is 4.79. The van der Waals surface area contributed by atoms with Gasteiger partial charge in [0, 0.05) is 34.6 Å². The Balaban J connectivity index is 2.30. The van der Waals surface area contributed by atoms with E-state index in [0.29, 0.717) is 29.0 Å². The van der Waals surface area contributed by atoms with E-state index in [4.69, 9.17) is 17.2 Å². The lowest BCUT2D eigenvalue weighted by Crippen LogP contribution is -2.03. The topological polar surface area (TPSA) is 95.1 Å². The lowest BCUT2D eigenvalue weighted by atomic mass is 10.0. The molecule has 6 N–H and O–H groups in total. The first kappa shape index (κ1) is 12.0. The molecule has 2 aromatic rings. The number of nitrogen functional groups attached to an aromatic ring is 3. The average molecular weight is 241 g/mol. The summed E-state index contributed by atoms with van der Waals surface area (Å²) in [5, 5.41) is 0. The van der Waals surface area contributed by atoms with Crippen molar-refractivity contribution in [3.63, 3.8) is 0 Å². The zero-order valence-electron chi connectivity index (χ0n) is 9.89. The van der Waals surface area contributed by atoms with Gasteiger partial charge in [0.2, 0.25) is 0 Å². The highest BCUT2D eigenvalue weighted by atomic mass is 16.1. The fourth-order valence-electron chi connectivity index (χ4n) is 1.86. The van der Waals surface area contributed by atoms with Crippen molar-refractivity contribution >= 4 is 23.3 Å². The van der Waals surface area contributed by atoms with Gasteiger partial charge in [0.1, 0.15) is 6.29 Å². The fraction of sp³-hybridized carbons (Fsp3) is 0.0714. The molecule has 92 valence electrons. The molecule has 0 spiro atoms. The van der Waals surface area contributed by atoms with E-state index in [9.17, 15) is 4.79 Å². The second-order valence-corrected chi connectivity index (χ2v) is 4.21. The van der Waals surface area contributed by atoms with Crippen LogP contribution in [0.15, 0.2) is 36.4 Å². The van der Waals surface area contributed by atoms with Crippen LogP contribution in [0.1, 0.15) is 21.5 Å². The predicted octanol–water partition coefficient (Wildman–Crippen LogP) is 1.84. The van der Waals surface area contributed by atoms with Crippen LogP contribution in [-0.2, 0) is 6.42 Å². The molecule has 18 heavy (non-hydrogen) atoms. The van der Waals surface area contributed by atoms with Crippen LogP contribution in [0.4, 0.5) is 17.1 Å². The van der Waals surface area contributed by atoms with Crippen molar-refractivity contribution in [2.45, 2.75) is 6.42 Å². The molecule has 2 rings (SSSR count).